The lowest BCUT2D eigenvalue weighted by molar-refractivity contribution is 0.411. The maximum Gasteiger partial charge on any atom is 0.109 e. The van der Waals surface area contributed by atoms with Gasteiger partial charge in [0.1, 0.15) is 5.41 Å². The smallest absolute Gasteiger partial charge is 0.109 e. The first-order valence-corrected chi connectivity index (χ1v) is 7.47. The van der Waals surface area contributed by atoms with Crippen molar-refractivity contribution in [2.45, 2.75) is 17.8 Å². The summed E-state index contributed by atoms with van der Waals surface area (Å²) in [6.07, 6.45) is 4.72. The highest BCUT2D eigenvalue weighted by Crippen LogP contribution is 2.56. The van der Waals surface area contributed by atoms with Gasteiger partial charge in [-0.2, -0.15) is 10.5 Å². The third-order valence-electron chi connectivity index (χ3n) is 5.06. The van der Waals surface area contributed by atoms with Crippen molar-refractivity contribution in [2.75, 3.05) is 0 Å². The molecular weight excluding hydrogens is 268 g/mol. The number of nitriles is 2. The fourth-order valence-electron chi connectivity index (χ4n) is 4.13. The lowest BCUT2D eigenvalue weighted by Gasteiger charge is -2.35. The van der Waals surface area contributed by atoms with Gasteiger partial charge in [0.2, 0.25) is 0 Å². The summed E-state index contributed by atoms with van der Waals surface area (Å²) in [4.78, 5) is 0. The standard InChI is InChI=1S/C20H14N2/c21-12-17-10-9-15-7-4-8-16-11-18(14-5-2-1-3-6-14)20(17,13-22)19(15)16/h1-10,17-18H,11H2/t17?,18-,20+/m0/s1. The summed E-state index contributed by atoms with van der Waals surface area (Å²) in [5, 5.41) is 19.8. The van der Waals surface area contributed by atoms with Gasteiger partial charge in [-0.3, -0.25) is 0 Å². The van der Waals surface area contributed by atoms with Crippen LogP contribution in [0.3, 0.4) is 0 Å². The normalized spacial score (nSPS) is 27.7. The van der Waals surface area contributed by atoms with Crippen LogP contribution in [0.15, 0.2) is 54.6 Å². The monoisotopic (exact) mass is 282 g/mol. The maximum atomic E-state index is 10.1. The third-order valence-corrected chi connectivity index (χ3v) is 5.06. The van der Waals surface area contributed by atoms with Crippen LogP contribution in [0.25, 0.3) is 6.08 Å². The molecule has 3 atom stereocenters. The first kappa shape index (κ1) is 12.9. The SMILES string of the molecule is N#CC1C=Cc2cccc3c2[C@@]1(C#N)[C@H](c1ccccc1)C3. The molecule has 0 aromatic heterocycles. The van der Waals surface area contributed by atoms with Crippen LogP contribution in [-0.2, 0) is 11.8 Å². The minimum atomic E-state index is -0.767. The van der Waals surface area contributed by atoms with E-state index in [9.17, 15) is 10.5 Å². The molecule has 2 heteroatoms. The molecule has 0 saturated carbocycles. The maximum absolute atomic E-state index is 10.1. The summed E-state index contributed by atoms with van der Waals surface area (Å²) in [6, 6.07) is 21.2. The van der Waals surface area contributed by atoms with E-state index in [0.29, 0.717) is 0 Å². The van der Waals surface area contributed by atoms with Crippen molar-refractivity contribution >= 4 is 6.08 Å². The van der Waals surface area contributed by atoms with E-state index in [2.05, 4.69) is 30.3 Å². The molecule has 0 fully saturated rings. The minimum absolute atomic E-state index is 0.0319. The Bertz CT molecular complexity index is 852. The zero-order valence-corrected chi connectivity index (χ0v) is 12.0. The van der Waals surface area contributed by atoms with Gasteiger partial charge < -0.3 is 0 Å². The molecule has 0 N–H and O–H groups in total. The van der Waals surface area contributed by atoms with Crippen LogP contribution in [0.2, 0.25) is 0 Å². The second-order valence-electron chi connectivity index (χ2n) is 6.00. The Hall–Kier alpha value is -2.84. The molecule has 1 unspecified atom stereocenters. The molecule has 4 rings (SSSR count). The van der Waals surface area contributed by atoms with Crippen molar-refractivity contribution < 1.29 is 0 Å². The van der Waals surface area contributed by atoms with Crippen LogP contribution >= 0.6 is 0 Å². The minimum Gasteiger partial charge on any atom is -0.198 e. The summed E-state index contributed by atoms with van der Waals surface area (Å²) in [5.74, 6) is -0.372. The lowest BCUT2D eigenvalue weighted by atomic mass is 9.62. The molecule has 22 heavy (non-hydrogen) atoms. The van der Waals surface area contributed by atoms with Crippen molar-refractivity contribution in [3.63, 3.8) is 0 Å². The Morgan fingerprint density at radius 1 is 1.00 bits per heavy atom. The van der Waals surface area contributed by atoms with Crippen LogP contribution in [0.1, 0.15) is 28.2 Å². The topological polar surface area (TPSA) is 47.6 Å². The number of rotatable bonds is 1. The van der Waals surface area contributed by atoms with E-state index < -0.39 is 11.3 Å². The second kappa shape index (κ2) is 4.58. The molecule has 2 aliphatic carbocycles. The van der Waals surface area contributed by atoms with Crippen molar-refractivity contribution in [1.29, 1.82) is 10.5 Å². The van der Waals surface area contributed by atoms with Crippen LogP contribution in [-0.4, -0.2) is 0 Å². The number of nitrogens with zero attached hydrogens (tertiary/aromatic N) is 2. The molecule has 0 amide bonds. The van der Waals surface area contributed by atoms with E-state index in [1.807, 2.05) is 42.5 Å². The first-order chi connectivity index (χ1) is 10.8. The van der Waals surface area contributed by atoms with Crippen molar-refractivity contribution in [3.8, 4) is 12.1 Å². The molecule has 0 spiro atoms. The predicted octanol–water partition coefficient (Wildman–Crippen LogP) is 3.95. The Labute approximate surface area is 129 Å². The van der Waals surface area contributed by atoms with Crippen molar-refractivity contribution in [2.24, 2.45) is 5.92 Å². The number of benzene rings is 2. The summed E-state index contributed by atoms with van der Waals surface area (Å²) >= 11 is 0. The quantitative estimate of drug-likeness (QED) is 0.795. The summed E-state index contributed by atoms with van der Waals surface area (Å²) in [5.41, 5.74) is 3.74. The molecule has 0 heterocycles. The van der Waals surface area contributed by atoms with E-state index >= 15 is 0 Å². The molecule has 2 aromatic carbocycles. The average Bonchev–Trinajstić information content (AvgIpc) is 2.94. The third kappa shape index (κ3) is 1.47. The highest BCUT2D eigenvalue weighted by Gasteiger charge is 2.54. The summed E-state index contributed by atoms with van der Waals surface area (Å²) in [7, 11) is 0. The van der Waals surface area contributed by atoms with Gasteiger partial charge in [-0.05, 0) is 28.7 Å². The molecule has 0 aliphatic heterocycles. The van der Waals surface area contributed by atoms with Gasteiger partial charge >= 0.3 is 0 Å². The molecular formula is C20H14N2. The van der Waals surface area contributed by atoms with Gasteiger partial charge in [0.05, 0.1) is 18.1 Å². The first-order valence-electron chi connectivity index (χ1n) is 7.47. The van der Waals surface area contributed by atoms with Crippen LogP contribution < -0.4 is 0 Å². The van der Waals surface area contributed by atoms with Crippen LogP contribution in [0.5, 0.6) is 0 Å². The van der Waals surface area contributed by atoms with Gasteiger partial charge in [-0.15, -0.1) is 0 Å². The van der Waals surface area contributed by atoms with Gasteiger partial charge in [0, 0.05) is 5.92 Å². The zero-order chi connectivity index (χ0) is 15.2. The zero-order valence-electron chi connectivity index (χ0n) is 12.0. The molecule has 104 valence electrons. The largest absolute Gasteiger partial charge is 0.198 e. The van der Waals surface area contributed by atoms with Gasteiger partial charge in [0.15, 0.2) is 0 Å². The van der Waals surface area contributed by atoms with Crippen LogP contribution in [0, 0.1) is 28.6 Å². The number of hydrogen-bond donors (Lipinski definition) is 0. The van der Waals surface area contributed by atoms with E-state index in [1.54, 1.807) is 0 Å². The fourth-order valence-corrected chi connectivity index (χ4v) is 4.13. The average molecular weight is 282 g/mol. The number of hydrogen-bond acceptors (Lipinski definition) is 2. The highest BCUT2D eigenvalue weighted by atomic mass is 14.6. The highest BCUT2D eigenvalue weighted by molar-refractivity contribution is 5.69. The van der Waals surface area contributed by atoms with Gasteiger partial charge in [-0.25, -0.2) is 0 Å². The summed E-state index contributed by atoms with van der Waals surface area (Å²) in [6.45, 7) is 0. The lowest BCUT2D eigenvalue weighted by Crippen LogP contribution is -2.37. The molecule has 2 nitrogen and oxygen atoms in total. The van der Waals surface area contributed by atoms with Gasteiger partial charge in [0.25, 0.3) is 0 Å². The Balaban J connectivity index is 2.02. The van der Waals surface area contributed by atoms with E-state index in [1.165, 1.54) is 5.56 Å². The van der Waals surface area contributed by atoms with E-state index in [4.69, 9.17) is 0 Å². The number of allylic oxidation sites excluding steroid dienone is 1. The fraction of sp³-hybridized carbons (Fsp3) is 0.200. The molecule has 0 saturated heterocycles. The van der Waals surface area contributed by atoms with E-state index in [0.717, 1.165) is 23.1 Å². The van der Waals surface area contributed by atoms with E-state index in [-0.39, 0.29) is 5.92 Å². The molecule has 2 aromatic rings. The van der Waals surface area contributed by atoms with Crippen LogP contribution in [0.4, 0.5) is 0 Å². The Morgan fingerprint density at radius 2 is 1.82 bits per heavy atom. The predicted molar refractivity (Wildman–Crippen MR) is 84.8 cm³/mol. The molecule has 2 aliphatic rings. The molecule has 0 radical (unpaired) electrons. The summed E-state index contributed by atoms with van der Waals surface area (Å²) < 4.78 is 0. The Kier molecular flexibility index (Phi) is 2.68. The van der Waals surface area contributed by atoms with Gasteiger partial charge in [-0.1, -0.05) is 60.7 Å². The second-order valence-corrected chi connectivity index (χ2v) is 6.00. The molecule has 0 bridgehead atoms. The van der Waals surface area contributed by atoms with Crippen molar-refractivity contribution in [1.82, 2.24) is 0 Å². The van der Waals surface area contributed by atoms with Crippen molar-refractivity contribution in [3.05, 3.63) is 76.9 Å². The Morgan fingerprint density at radius 3 is 2.55 bits per heavy atom.